The van der Waals surface area contributed by atoms with Crippen molar-refractivity contribution < 1.29 is 9.90 Å². The second-order valence-electron chi connectivity index (χ2n) is 3.72. The van der Waals surface area contributed by atoms with Crippen LogP contribution in [0.2, 0.25) is 0 Å². The molecule has 0 amide bonds. The summed E-state index contributed by atoms with van der Waals surface area (Å²) in [6.07, 6.45) is 6.73. The first-order chi connectivity index (χ1) is 6.16. The van der Waals surface area contributed by atoms with Crippen LogP contribution in [0, 0.1) is 0 Å². The Kier molecular flexibility index (Phi) is 8.00. The van der Waals surface area contributed by atoms with Crippen molar-refractivity contribution in [1.29, 1.82) is 0 Å². The topological polar surface area (TPSA) is 37.3 Å². The van der Waals surface area contributed by atoms with Gasteiger partial charge in [0.05, 0.1) is 6.10 Å². The van der Waals surface area contributed by atoms with Gasteiger partial charge in [0.2, 0.25) is 0 Å². The highest BCUT2D eigenvalue weighted by Gasteiger charge is 1.99. The standard InChI is InChI=1S/C11H22O2/c1-3-11(13)9-7-5-4-6-8-10(2)12/h11,13H,3-9H2,1-2H3. The number of aliphatic hydroxyl groups excluding tert-OH is 1. The molecule has 0 saturated heterocycles. The SMILES string of the molecule is CCC(O)CCCCCCC(C)=O. The molecular weight excluding hydrogens is 164 g/mol. The molecule has 0 aliphatic heterocycles. The van der Waals surface area contributed by atoms with E-state index in [1.165, 1.54) is 0 Å². The lowest BCUT2D eigenvalue weighted by Gasteiger charge is -2.06. The molecule has 0 aliphatic carbocycles. The van der Waals surface area contributed by atoms with E-state index in [-0.39, 0.29) is 11.9 Å². The number of carbonyl (C=O) groups excluding carboxylic acids is 1. The van der Waals surface area contributed by atoms with Crippen LogP contribution in [0.4, 0.5) is 0 Å². The Hall–Kier alpha value is -0.370. The van der Waals surface area contributed by atoms with E-state index in [2.05, 4.69) is 0 Å². The average Bonchev–Trinajstić information content (AvgIpc) is 2.10. The first-order valence-electron chi connectivity index (χ1n) is 5.34. The third-order valence-electron chi connectivity index (χ3n) is 2.29. The lowest BCUT2D eigenvalue weighted by molar-refractivity contribution is -0.117. The molecule has 1 unspecified atom stereocenters. The van der Waals surface area contributed by atoms with E-state index in [9.17, 15) is 9.90 Å². The molecule has 2 nitrogen and oxygen atoms in total. The Balaban J connectivity index is 3.04. The molecule has 13 heavy (non-hydrogen) atoms. The number of aliphatic hydroxyl groups is 1. The predicted octanol–water partition coefficient (Wildman–Crippen LogP) is 2.69. The van der Waals surface area contributed by atoms with Crippen molar-refractivity contribution in [2.75, 3.05) is 0 Å². The molecule has 0 saturated carbocycles. The largest absolute Gasteiger partial charge is 0.393 e. The van der Waals surface area contributed by atoms with Crippen LogP contribution < -0.4 is 0 Å². The van der Waals surface area contributed by atoms with Gasteiger partial charge in [-0.15, -0.1) is 0 Å². The van der Waals surface area contributed by atoms with E-state index < -0.39 is 0 Å². The number of hydrogen-bond acceptors (Lipinski definition) is 2. The molecule has 0 rings (SSSR count). The van der Waals surface area contributed by atoms with Crippen molar-refractivity contribution >= 4 is 5.78 Å². The van der Waals surface area contributed by atoms with Crippen molar-refractivity contribution in [2.45, 2.75) is 64.9 Å². The summed E-state index contributed by atoms with van der Waals surface area (Å²) in [5.41, 5.74) is 0. The molecule has 0 aliphatic rings. The van der Waals surface area contributed by atoms with Gasteiger partial charge in [0.1, 0.15) is 5.78 Å². The molecule has 1 N–H and O–H groups in total. The normalized spacial score (nSPS) is 12.8. The second-order valence-corrected chi connectivity index (χ2v) is 3.72. The zero-order valence-electron chi connectivity index (χ0n) is 8.88. The number of hydrogen-bond donors (Lipinski definition) is 1. The van der Waals surface area contributed by atoms with Crippen LogP contribution in [-0.2, 0) is 4.79 Å². The van der Waals surface area contributed by atoms with Gasteiger partial charge in [-0.05, 0) is 26.2 Å². The molecule has 78 valence electrons. The Labute approximate surface area is 81.3 Å². The molecule has 0 heterocycles. The van der Waals surface area contributed by atoms with Gasteiger partial charge in [-0.1, -0.05) is 26.2 Å². The molecule has 0 radical (unpaired) electrons. The minimum atomic E-state index is -0.118. The van der Waals surface area contributed by atoms with Gasteiger partial charge < -0.3 is 9.90 Å². The van der Waals surface area contributed by atoms with Gasteiger partial charge in [0.25, 0.3) is 0 Å². The fourth-order valence-corrected chi connectivity index (χ4v) is 1.31. The maximum absolute atomic E-state index is 10.6. The number of unbranched alkanes of at least 4 members (excludes halogenated alkanes) is 3. The number of ketones is 1. The lowest BCUT2D eigenvalue weighted by atomic mass is 10.1. The van der Waals surface area contributed by atoms with Crippen molar-refractivity contribution in [3.8, 4) is 0 Å². The summed E-state index contributed by atoms with van der Waals surface area (Å²) >= 11 is 0. The summed E-state index contributed by atoms with van der Waals surface area (Å²) in [6.45, 7) is 3.64. The predicted molar refractivity (Wildman–Crippen MR) is 54.7 cm³/mol. The van der Waals surface area contributed by atoms with Crippen molar-refractivity contribution in [3.05, 3.63) is 0 Å². The fraction of sp³-hybridized carbons (Fsp3) is 0.909. The highest BCUT2D eigenvalue weighted by molar-refractivity contribution is 5.75. The molecular formula is C11H22O2. The van der Waals surface area contributed by atoms with Crippen molar-refractivity contribution in [3.63, 3.8) is 0 Å². The average molecular weight is 186 g/mol. The Morgan fingerprint density at radius 1 is 1.23 bits per heavy atom. The quantitative estimate of drug-likeness (QED) is 0.592. The van der Waals surface area contributed by atoms with E-state index in [4.69, 9.17) is 0 Å². The third-order valence-corrected chi connectivity index (χ3v) is 2.29. The van der Waals surface area contributed by atoms with Crippen LogP contribution in [0.25, 0.3) is 0 Å². The molecule has 0 fully saturated rings. The highest BCUT2D eigenvalue weighted by Crippen LogP contribution is 2.08. The minimum absolute atomic E-state index is 0.118. The molecule has 0 aromatic carbocycles. The first-order valence-corrected chi connectivity index (χ1v) is 5.34. The summed E-state index contributed by atoms with van der Waals surface area (Å²) < 4.78 is 0. The summed E-state index contributed by atoms with van der Waals surface area (Å²) in [6, 6.07) is 0. The summed E-state index contributed by atoms with van der Waals surface area (Å²) in [4.78, 5) is 10.6. The van der Waals surface area contributed by atoms with Crippen LogP contribution in [0.15, 0.2) is 0 Å². The summed E-state index contributed by atoms with van der Waals surface area (Å²) in [7, 11) is 0. The molecule has 0 aromatic rings. The lowest BCUT2D eigenvalue weighted by Crippen LogP contribution is -2.03. The maximum Gasteiger partial charge on any atom is 0.129 e. The number of rotatable bonds is 8. The monoisotopic (exact) mass is 186 g/mol. The molecule has 1 atom stereocenters. The fourth-order valence-electron chi connectivity index (χ4n) is 1.31. The van der Waals surface area contributed by atoms with Crippen molar-refractivity contribution in [2.24, 2.45) is 0 Å². The van der Waals surface area contributed by atoms with Crippen LogP contribution in [0.1, 0.15) is 58.8 Å². The van der Waals surface area contributed by atoms with E-state index in [1.807, 2.05) is 6.92 Å². The van der Waals surface area contributed by atoms with Crippen LogP contribution in [-0.4, -0.2) is 17.0 Å². The number of carbonyl (C=O) groups is 1. The molecule has 0 spiro atoms. The van der Waals surface area contributed by atoms with Crippen LogP contribution in [0.3, 0.4) is 0 Å². The van der Waals surface area contributed by atoms with Gasteiger partial charge >= 0.3 is 0 Å². The zero-order chi connectivity index (χ0) is 10.1. The third kappa shape index (κ3) is 9.54. The molecule has 0 bridgehead atoms. The first kappa shape index (κ1) is 12.6. The van der Waals surface area contributed by atoms with E-state index >= 15 is 0 Å². The van der Waals surface area contributed by atoms with Crippen LogP contribution >= 0.6 is 0 Å². The maximum atomic E-state index is 10.6. The van der Waals surface area contributed by atoms with Gasteiger partial charge in [-0.3, -0.25) is 0 Å². The van der Waals surface area contributed by atoms with Gasteiger partial charge in [0.15, 0.2) is 0 Å². The Morgan fingerprint density at radius 3 is 2.38 bits per heavy atom. The van der Waals surface area contributed by atoms with Crippen molar-refractivity contribution in [1.82, 2.24) is 0 Å². The molecule has 2 heteroatoms. The van der Waals surface area contributed by atoms with E-state index in [0.717, 1.165) is 44.9 Å². The zero-order valence-corrected chi connectivity index (χ0v) is 8.88. The van der Waals surface area contributed by atoms with Gasteiger partial charge in [-0.25, -0.2) is 0 Å². The highest BCUT2D eigenvalue weighted by atomic mass is 16.3. The number of Topliss-reactive ketones (excluding diaryl/α,β-unsaturated/α-hetero) is 1. The van der Waals surface area contributed by atoms with Gasteiger partial charge in [-0.2, -0.15) is 0 Å². The van der Waals surface area contributed by atoms with E-state index in [0.29, 0.717) is 0 Å². The summed E-state index contributed by atoms with van der Waals surface area (Å²) in [5, 5.41) is 9.25. The Morgan fingerprint density at radius 2 is 1.85 bits per heavy atom. The minimum Gasteiger partial charge on any atom is -0.393 e. The second kappa shape index (κ2) is 8.24. The smallest absolute Gasteiger partial charge is 0.129 e. The van der Waals surface area contributed by atoms with Gasteiger partial charge in [0, 0.05) is 6.42 Å². The molecule has 0 aromatic heterocycles. The van der Waals surface area contributed by atoms with E-state index in [1.54, 1.807) is 6.92 Å². The Bertz CT molecular complexity index is 132. The summed E-state index contributed by atoms with van der Waals surface area (Å²) in [5.74, 6) is 0.286. The van der Waals surface area contributed by atoms with Crippen LogP contribution in [0.5, 0.6) is 0 Å².